The number of anilines is 3. The molecule has 1 fully saturated rings. The number of para-hydroxylation sites is 1. The molecule has 7 nitrogen and oxygen atoms in total. The van der Waals surface area contributed by atoms with Crippen molar-refractivity contribution in [2.45, 2.75) is 38.1 Å². The second-order valence-corrected chi connectivity index (χ2v) is 7.58. The molecule has 2 aromatic rings. The van der Waals surface area contributed by atoms with Crippen molar-refractivity contribution < 1.29 is 14.4 Å². The predicted octanol–water partition coefficient (Wildman–Crippen LogP) is 3.50. The minimum absolute atomic E-state index is 0.0311. The van der Waals surface area contributed by atoms with Gasteiger partial charge in [0.1, 0.15) is 0 Å². The van der Waals surface area contributed by atoms with Gasteiger partial charge >= 0.3 is 6.03 Å². The van der Waals surface area contributed by atoms with Crippen LogP contribution in [0.4, 0.5) is 21.9 Å². The van der Waals surface area contributed by atoms with E-state index in [4.69, 9.17) is 0 Å². The molecule has 0 bridgehead atoms. The summed E-state index contributed by atoms with van der Waals surface area (Å²) in [6.45, 7) is 0. The molecular weight excluding hydrogens is 368 g/mol. The Hall–Kier alpha value is -3.35. The van der Waals surface area contributed by atoms with Crippen molar-refractivity contribution in [1.82, 2.24) is 5.32 Å². The first-order valence-corrected chi connectivity index (χ1v) is 9.93. The van der Waals surface area contributed by atoms with Crippen LogP contribution >= 0.6 is 0 Å². The highest BCUT2D eigenvalue weighted by atomic mass is 16.2. The van der Waals surface area contributed by atoms with Gasteiger partial charge in [0.2, 0.25) is 11.8 Å². The van der Waals surface area contributed by atoms with Crippen LogP contribution in [0.25, 0.3) is 0 Å². The summed E-state index contributed by atoms with van der Waals surface area (Å²) in [6, 6.07) is 14.8. The second kappa shape index (κ2) is 8.34. The number of amides is 4. The van der Waals surface area contributed by atoms with Gasteiger partial charge in [-0.05, 0) is 61.6 Å². The van der Waals surface area contributed by atoms with E-state index >= 15 is 0 Å². The molecular formula is C22H24N4O3. The van der Waals surface area contributed by atoms with Gasteiger partial charge in [-0.1, -0.05) is 18.2 Å². The van der Waals surface area contributed by atoms with E-state index in [0.29, 0.717) is 30.3 Å². The molecule has 0 spiro atoms. The SMILES string of the molecule is O=C(CCC1Cc2ccccc2NC1=O)Nc1ccc(NC(=O)NC2CC2)cc1. The number of carbonyl (C=O) groups excluding carboxylic acids is 3. The van der Waals surface area contributed by atoms with Gasteiger partial charge in [-0.15, -0.1) is 0 Å². The van der Waals surface area contributed by atoms with E-state index in [2.05, 4.69) is 21.3 Å². The van der Waals surface area contributed by atoms with Crippen LogP contribution in [-0.2, 0) is 16.0 Å². The Kier molecular flexibility index (Phi) is 5.46. The molecule has 4 N–H and O–H groups in total. The fourth-order valence-corrected chi connectivity index (χ4v) is 3.39. The number of rotatable bonds is 6. The highest BCUT2D eigenvalue weighted by Gasteiger charge is 2.26. The van der Waals surface area contributed by atoms with Crippen molar-refractivity contribution in [1.29, 1.82) is 0 Å². The molecule has 0 saturated heterocycles. The molecule has 0 aromatic heterocycles. The quantitative estimate of drug-likeness (QED) is 0.605. The number of carbonyl (C=O) groups is 3. The van der Waals surface area contributed by atoms with Crippen LogP contribution in [0, 0.1) is 5.92 Å². The van der Waals surface area contributed by atoms with Gasteiger partial charge in [-0.25, -0.2) is 4.79 Å². The van der Waals surface area contributed by atoms with Gasteiger partial charge in [0.15, 0.2) is 0 Å². The second-order valence-electron chi connectivity index (χ2n) is 7.58. The average Bonchev–Trinajstić information content (AvgIpc) is 3.51. The highest BCUT2D eigenvalue weighted by molar-refractivity contribution is 5.97. The first-order valence-electron chi connectivity index (χ1n) is 9.93. The van der Waals surface area contributed by atoms with Crippen LogP contribution in [0.1, 0.15) is 31.2 Å². The molecule has 1 aliphatic carbocycles. The fraction of sp³-hybridized carbons (Fsp3) is 0.318. The van der Waals surface area contributed by atoms with Crippen molar-refractivity contribution in [3.8, 4) is 0 Å². The lowest BCUT2D eigenvalue weighted by Crippen LogP contribution is -2.30. The third kappa shape index (κ3) is 5.13. The Bertz CT molecular complexity index is 922. The molecule has 1 saturated carbocycles. The van der Waals surface area contributed by atoms with Gasteiger partial charge in [-0.3, -0.25) is 9.59 Å². The van der Waals surface area contributed by atoms with Crippen LogP contribution in [-0.4, -0.2) is 23.9 Å². The first kappa shape index (κ1) is 19.0. The zero-order chi connectivity index (χ0) is 20.2. The zero-order valence-corrected chi connectivity index (χ0v) is 16.0. The van der Waals surface area contributed by atoms with Gasteiger partial charge in [0.25, 0.3) is 0 Å². The molecule has 0 radical (unpaired) electrons. The Morgan fingerprint density at radius 3 is 2.38 bits per heavy atom. The molecule has 1 heterocycles. The summed E-state index contributed by atoms with van der Waals surface area (Å²) in [5, 5.41) is 11.4. The summed E-state index contributed by atoms with van der Waals surface area (Å²) in [4.78, 5) is 36.3. The van der Waals surface area contributed by atoms with Crippen molar-refractivity contribution in [3.63, 3.8) is 0 Å². The summed E-state index contributed by atoms with van der Waals surface area (Å²) >= 11 is 0. The maximum Gasteiger partial charge on any atom is 0.319 e. The smallest absolute Gasteiger partial charge is 0.319 e. The zero-order valence-electron chi connectivity index (χ0n) is 16.0. The molecule has 7 heteroatoms. The summed E-state index contributed by atoms with van der Waals surface area (Å²) in [7, 11) is 0. The molecule has 4 amide bonds. The van der Waals surface area contributed by atoms with E-state index in [1.54, 1.807) is 24.3 Å². The van der Waals surface area contributed by atoms with Gasteiger partial charge in [0, 0.05) is 35.4 Å². The van der Waals surface area contributed by atoms with Crippen LogP contribution in [0.5, 0.6) is 0 Å². The van der Waals surface area contributed by atoms with Crippen molar-refractivity contribution in [3.05, 3.63) is 54.1 Å². The van der Waals surface area contributed by atoms with E-state index in [9.17, 15) is 14.4 Å². The van der Waals surface area contributed by atoms with E-state index in [1.165, 1.54) is 0 Å². The molecule has 2 aromatic carbocycles. The number of hydrogen-bond donors (Lipinski definition) is 4. The summed E-state index contributed by atoms with van der Waals surface area (Å²) in [6.07, 6.45) is 3.48. The topological polar surface area (TPSA) is 99.3 Å². The average molecular weight is 392 g/mol. The Morgan fingerprint density at radius 1 is 0.966 bits per heavy atom. The predicted molar refractivity (Wildman–Crippen MR) is 112 cm³/mol. The van der Waals surface area contributed by atoms with E-state index in [1.807, 2.05) is 24.3 Å². The molecule has 1 atom stereocenters. The standard InChI is InChI=1S/C22H24N4O3/c27-20(12-5-15-13-14-3-1-2-4-19(14)26-21(15)28)23-16-6-8-17(9-7-16)24-22(29)25-18-10-11-18/h1-4,6-9,15,18H,5,10-13H2,(H,23,27)(H,26,28)(H2,24,25,29). The lowest BCUT2D eigenvalue weighted by atomic mass is 9.89. The third-order valence-electron chi connectivity index (χ3n) is 5.17. The Balaban J connectivity index is 1.24. The third-order valence-corrected chi connectivity index (χ3v) is 5.17. The Morgan fingerprint density at radius 2 is 1.66 bits per heavy atom. The lowest BCUT2D eigenvalue weighted by Gasteiger charge is -2.24. The molecule has 1 unspecified atom stereocenters. The normalized spacial score (nSPS) is 17.7. The molecule has 1 aliphatic heterocycles. The minimum Gasteiger partial charge on any atom is -0.335 e. The number of hydrogen-bond acceptors (Lipinski definition) is 3. The van der Waals surface area contributed by atoms with E-state index < -0.39 is 0 Å². The van der Waals surface area contributed by atoms with Crippen LogP contribution in [0.3, 0.4) is 0 Å². The fourth-order valence-electron chi connectivity index (χ4n) is 3.39. The van der Waals surface area contributed by atoms with Crippen molar-refractivity contribution >= 4 is 34.9 Å². The van der Waals surface area contributed by atoms with Gasteiger partial charge in [0.05, 0.1) is 0 Å². The number of benzene rings is 2. The summed E-state index contributed by atoms with van der Waals surface area (Å²) in [5.74, 6) is -0.368. The van der Waals surface area contributed by atoms with Crippen molar-refractivity contribution in [2.75, 3.05) is 16.0 Å². The largest absolute Gasteiger partial charge is 0.335 e. The lowest BCUT2D eigenvalue weighted by molar-refractivity contribution is -0.121. The molecule has 4 rings (SSSR count). The number of fused-ring (bicyclic) bond motifs is 1. The van der Waals surface area contributed by atoms with Gasteiger partial charge in [-0.2, -0.15) is 0 Å². The van der Waals surface area contributed by atoms with E-state index in [-0.39, 0.29) is 30.2 Å². The Labute approximate surface area is 169 Å². The molecule has 150 valence electrons. The monoisotopic (exact) mass is 392 g/mol. The van der Waals surface area contributed by atoms with Crippen LogP contribution in [0.15, 0.2) is 48.5 Å². The minimum atomic E-state index is -0.211. The summed E-state index contributed by atoms with van der Waals surface area (Å²) in [5.41, 5.74) is 3.28. The molecule has 29 heavy (non-hydrogen) atoms. The summed E-state index contributed by atoms with van der Waals surface area (Å²) < 4.78 is 0. The van der Waals surface area contributed by atoms with Crippen molar-refractivity contribution in [2.24, 2.45) is 5.92 Å². The highest BCUT2D eigenvalue weighted by Crippen LogP contribution is 2.27. The van der Waals surface area contributed by atoms with Crippen LogP contribution < -0.4 is 21.3 Å². The first-order chi connectivity index (χ1) is 14.1. The maximum absolute atomic E-state index is 12.3. The van der Waals surface area contributed by atoms with E-state index in [0.717, 1.165) is 24.1 Å². The number of nitrogens with one attached hydrogen (secondary N) is 4. The van der Waals surface area contributed by atoms with Crippen LogP contribution in [0.2, 0.25) is 0 Å². The maximum atomic E-state index is 12.3. The van der Waals surface area contributed by atoms with Gasteiger partial charge < -0.3 is 21.3 Å². The number of urea groups is 1. The molecule has 2 aliphatic rings.